The third-order valence-electron chi connectivity index (χ3n) is 3.02. The molecule has 0 unspecified atom stereocenters. The highest BCUT2D eigenvalue weighted by molar-refractivity contribution is 8.76. The van der Waals surface area contributed by atoms with Gasteiger partial charge in [0.1, 0.15) is 11.1 Å². The predicted octanol–water partition coefficient (Wildman–Crippen LogP) is 3.31. The van der Waals surface area contributed by atoms with Crippen molar-refractivity contribution in [1.82, 2.24) is 0 Å². The topological polar surface area (TPSA) is 181 Å². The fourth-order valence-electron chi connectivity index (χ4n) is 1.89. The first kappa shape index (κ1) is 22.9. The van der Waals surface area contributed by atoms with Crippen molar-refractivity contribution >= 4 is 44.9 Å². The summed E-state index contributed by atoms with van der Waals surface area (Å²) in [6.07, 6.45) is 0. The highest BCUT2D eigenvalue weighted by atomic mass is 33.1. The number of aromatic carboxylic acids is 2. The van der Waals surface area contributed by atoms with Gasteiger partial charge in [0, 0.05) is 29.0 Å². The van der Waals surface area contributed by atoms with E-state index in [-0.39, 0.29) is 0 Å². The van der Waals surface area contributed by atoms with Crippen molar-refractivity contribution in [3.8, 4) is 0 Å². The normalized spacial score (nSPS) is 9.79. The summed E-state index contributed by atoms with van der Waals surface area (Å²) >= 11 is 0. The van der Waals surface area contributed by atoms with Crippen LogP contribution in [0.2, 0.25) is 0 Å². The van der Waals surface area contributed by atoms with Crippen LogP contribution in [0.25, 0.3) is 0 Å². The molecule has 2 aromatic carbocycles. The Labute approximate surface area is 164 Å². The van der Waals surface area contributed by atoms with Crippen molar-refractivity contribution in [2.75, 3.05) is 7.11 Å². The summed E-state index contributed by atoms with van der Waals surface area (Å²) < 4.78 is 0. The van der Waals surface area contributed by atoms with Crippen LogP contribution in [0.15, 0.2) is 46.2 Å². The van der Waals surface area contributed by atoms with E-state index in [1.54, 1.807) is 0 Å². The van der Waals surface area contributed by atoms with Gasteiger partial charge in [-0.25, -0.2) is 9.59 Å². The number of aliphatic hydroxyl groups is 1. The lowest BCUT2D eigenvalue weighted by molar-refractivity contribution is -0.385. The Bertz CT molecular complexity index is 858. The first-order chi connectivity index (χ1) is 13.2. The number of benzene rings is 2. The highest BCUT2D eigenvalue weighted by Gasteiger charge is 2.22. The minimum Gasteiger partial charge on any atom is -0.477 e. The minimum absolute atomic E-state index is 0.383. The van der Waals surface area contributed by atoms with Gasteiger partial charge in [-0.05, 0) is 24.3 Å². The van der Waals surface area contributed by atoms with E-state index >= 15 is 0 Å². The molecule has 0 aliphatic rings. The van der Waals surface area contributed by atoms with Gasteiger partial charge in [-0.1, -0.05) is 21.6 Å². The zero-order valence-electron chi connectivity index (χ0n) is 14.0. The average Bonchev–Trinajstić information content (AvgIpc) is 2.67. The molecule has 0 atom stereocenters. The Balaban J connectivity index is 0.00000190. The summed E-state index contributed by atoms with van der Waals surface area (Å²) in [6.45, 7) is 0. The van der Waals surface area contributed by atoms with Crippen LogP contribution in [0.5, 0.6) is 0 Å². The number of nitrogens with zero attached hydrogens (tertiary/aromatic N) is 2. The molecule has 28 heavy (non-hydrogen) atoms. The molecule has 0 aliphatic heterocycles. The molecule has 13 heteroatoms. The summed E-state index contributed by atoms with van der Waals surface area (Å²) in [5.41, 5.74) is -2.04. The number of carbonyl (C=O) groups is 2. The van der Waals surface area contributed by atoms with Gasteiger partial charge in [-0.15, -0.1) is 0 Å². The molecule has 0 aliphatic carbocycles. The lowest BCUT2D eigenvalue weighted by Gasteiger charge is -2.05. The Morgan fingerprint density at radius 2 is 1.11 bits per heavy atom. The lowest BCUT2D eigenvalue weighted by Crippen LogP contribution is -2.02. The summed E-state index contributed by atoms with van der Waals surface area (Å²) in [4.78, 5) is 43.1. The lowest BCUT2D eigenvalue weighted by atomic mass is 10.2. The number of aliphatic hydroxyl groups excluding tert-OH is 1. The van der Waals surface area contributed by atoms with Crippen molar-refractivity contribution in [1.29, 1.82) is 0 Å². The third-order valence-corrected chi connectivity index (χ3v) is 5.41. The molecule has 0 saturated heterocycles. The van der Waals surface area contributed by atoms with Crippen molar-refractivity contribution < 1.29 is 34.8 Å². The summed E-state index contributed by atoms with van der Waals surface area (Å²) in [5, 5.41) is 46.8. The molecule has 11 nitrogen and oxygen atoms in total. The summed E-state index contributed by atoms with van der Waals surface area (Å²) in [5.74, 6) is -2.90. The molecule has 0 fully saturated rings. The molecule has 0 saturated carbocycles. The van der Waals surface area contributed by atoms with Crippen molar-refractivity contribution in [2.45, 2.75) is 9.79 Å². The van der Waals surface area contributed by atoms with Crippen LogP contribution in [-0.2, 0) is 0 Å². The Kier molecular flexibility index (Phi) is 8.37. The van der Waals surface area contributed by atoms with Crippen LogP contribution in [0, 0.1) is 20.2 Å². The van der Waals surface area contributed by atoms with E-state index in [1.807, 2.05) is 0 Å². The van der Waals surface area contributed by atoms with E-state index in [0.29, 0.717) is 9.79 Å². The van der Waals surface area contributed by atoms with E-state index in [4.69, 9.17) is 15.3 Å². The van der Waals surface area contributed by atoms with Gasteiger partial charge in [-0.2, -0.15) is 0 Å². The largest absolute Gasteiger partial charge is 0.477 e. The van der Waals surface area contributed by atoms with Gasteiger partial charge in [0.15, 0.2) is 0 Å². The molecule has 0 aromatic heterocycles. The number of nitro groups is 2. The van der Waals surface area contributed by atoms with Crippen molar-refractivity contribution in [2.24, 2.45) is 0 Å². The molecule has 2 aromatic rings. The van der Waals surface area contributed by atoms with Gasteiger partial charge in [0.2, 0.25) is 0 Å². The van der Waals surface area contributed by atoms with Crippen LogP contribution in [0.4, 0.5) is 11.4 Å². The van der Waals surface area contributed by atoms with Crippen molar-refractivity contribution in [3.63, 3.8) is 0 Å². The van der Waals surface area contributed by atoms with Gasteiger partial charge >= 0.3 is 11.9 Å². The Hall–Kier alpha value is -3.16. The monoisotopic (exact) mass is 428 g/mol. The molecular formula is C15H12N2O9S2. The number of hydrogen-bond acceptors (Lipinski definition) is 9. The maximum atomic E-state index is 11.1. The average molecular weight is 428 g/mol. The van der Waals surface area contributed by atoms with Crippen LogP contribution < -0.4 is 0 Å². The van der Waals surface area contributed by atoms with Gasteiger partial charge in [-0.3, -0.25) is 20.2 Å². The number of carboxylic acid groups (broad SMARTS) is 2. The van der Waals surface area contributed by atoms with Crippen LogP contribution in [0.3, 0.4) is 0 Å². The molecular weight excluding hydrogens is 416 g/mol. The second-order valence-electron chi connectivity index (χ2n) is 4.65. The fraction of sp³-hybridized carbons (Fsp3) is 0.0667. The van der Waals surface area contributed by atoms with Gasteiger partial charge in [0.05, 0.1) is 9.85 Å². The number of rotatable bonds is 7. The van der Waals surface area contributed by atoms with Crippen LogP contribution >= 0.6 is 21.6 Å². The zero-order chi connectivity index (χ0) is 21.4. The molecule has 0 amide bonds. The molecule has 0 bridgehead atoms. The molecule has 0 spiro atoms. The van der Waals surface area contributed by atoms with Crippen LogP contribution in [0.1, 0.15) is 20.7 Å². The maximum Gasteiger partial charge on any atom is 0.342 e. The Morgan fingerprint density at radius 3 is 1.36 bits per heavy atom. The van der Waals surface area contributed by atoms with Gasteiger partial charge < -0.3 is 15.3 Å². The maximum absolute atomic E-state index is 11.1. The second-order valence-corrected chi connectivity index (χ2v) is 6.93. The fourth-order valence-corrected chi connectivity index (χ4v) is 3.86. The van der Waals surface area contributed by atoms with Gasteiger partial charge in [0.25, 0.3) is 11.4 Å². The standard InChI is InChI=1S/C14H8N2O8S2.CH4O/c17-13(18)9-5-7(1-3-11(9)15(21)22)25-26-8-2-4-12(16(23)24)10(6-8)14(19)20;1-2/h1-6H,(H,17,18)(H,19,20);2H,1H3. The quantitative estimate of drug-likeness (QED) is 0.334. The van der Waals surface area contributed by atoms with Crippen molar-refractivity contribution in [3.05, 3.63) is 67.8 Å². The van der Waals surface area contributed by atoms with E-state index < -0.39 is 44.3 Å². The second kappa shape index (κ2) is 10.2. The summed E-state index contributed by atoms with van der Waals surface area (Å²) in [6, 6.07) is 7.08. The van der Waals surface area contributed by atoms with Crippen LogP contribution in [-0.4, -0.2) is 44.2 Å². The minimum atomic E-state index is -1.45. The summed E-state index contributed by atoms with van der Waals surface area (Å²) in [7, 11) is 3.06. The third kappa shape index (κ3) is 5.67. The number of hydrogen-bond donors (Lipinski definition) is 3. The highest BCUT2D eigenvalue weighted by Crippen LogP contribution is 2.40. The van der Waals surface area contributed by atoms with E-state index in [2.05, 4.69) is 0 Å². The van der Waals surface area contributed by atoms with E-state index in [9.17, 15) is 29.8 Å². The molecule has 3 N–H and O–H groups in total. The zero-order valence-corrected chi connectivity index (χ0v) is 15.6. The van der Waals surface area contributed by atoms with E-state index in [1.165, 1.54) is 12.1 Å². The SMILES string of the molecule is CO.O=C(O)c1cc(SSc2ccc([N+](=O)[O-])c(C(=O)O)c2)ccc1[N+](=O)[O-]. The number of nitro benzene ring substituents is 2. The number of carboxylic acids is 2. The smallest absolute Gasteiger partial charge is 0.342 e. The van der Waals surface area contributed by atoms with E-state index in [0.717, 1.165) is 53.0 Å². The first-order valence-corrected chi connectivity index (χ1v) is 9.18. The molecule has 148 valence electrons. The Morgan fingerprint density at radius 1 is 0.786 bits per heavy atom. The molecule has 2 rings (SSSR count). The molecule has 0 radical (unpaired) electrons. The predicted molar refractivity (Wildman–Crippen MR) is 100.0 cm³/mol. The first-order valence-electron chi connectivity index (χ1n) is 7.03. The molecule has 0 heterocycles.